The Morgan fingerprint density at radius 1 is 0.935 bits per heavy atom. The quantitative estimate of drug-likeness (QED) is 0.490. The molecule has 31 heavy (non-hydrogen) atoms. The van der Waals surface area contributed by atoms with E-state index in [4.69, 9.17) is 4.74 Å². The van der Waals surface area contributed by atoms with Gasteiger partial charge in [-0.05, 0) is 62.3 Å². The Bertz CT molecular complexity index is 960. The van der Waals surface area contributed by atoms with E-state index < -0.39 is 0 Å². The van der Waals surface area contributed by atoms with Crippen molar-refractivity contribution in [1.82, 2.24) is 0 Å². The molecule has 2 fully saturated rings. The number of hydrogen-bond acceptors (Lipinski definition) is 3. The van der Waals surface area contributed by atoms with Crippen LogP contribution in [-0.2, 0) is 14.3 Å². The fraction of sp³-hybridized carbons (Fsp3) is 0.407. The predicted molar refractivity (Wildman–Crippen MR) is 121 cm³/mol. The number of carbonyl (C=O) groups excluding carboxylic acids is 2. The van der Waals surface area contributed by atoms with Gasteiger partial charge in [-0.2, -0.15) is 0 Å². The molecule has 3 aliphatic rings. The molecule has 4 heteroatoms. The number of rotatable bonds is 3. The smallest absolute Gasteiger partial charge is 0.313 e. The zero-order chi connectivity index (χ0) is 21.5. The van der Waals surface area contributed by atoms with Gasteiger partial charge in [-0.15, -0.1) is 0 Å². The molecular formula is C27H29NO3. The maximum absolute atomic E-state index is 14.4. The van der Waals surface area contributed by atoms with Crippen LogP contribution in [0.2, 0.25) is 0 Å². The zero-order valence-electron chi connectivity index (χ0n) is 18.1. The van der Waals surface area contributed by atoms with Crippen molar-refractivity contribution in [2.75, 3.05) is 4.90 Å². The highest BCUT2D eigenvalue weighted by Crippen LogP contribution is 2.52. The molecule has 2 aromatic carbocycles. The second kappa shape index (κ2) is 7.99. The second-order valence-corrected chi connectivity index (χ2v) is 9.35. The van der Waals surface area contributed by atoms with E-state index in [1.54, 1.807) is 0 Å². The lowest BCUT2D eigenvalue weighted by atomic mass is 9.61. The molecule has 2 aromatic rings. The number of allylic oxidation sites excluding steroid dienone is 1. The van der Waals surface area contributed by atoms with Gasteiger partial charge < -0.3 is 4.74 Å². The molecule has 6 atom stereocenters. The third kappa shape index (κ3) is 3.48. The minimum atomic E-state index is -0.311. The highest BCUT2D eigenvalue weighted by Gasteiger charge is 2.55. The number of benzene rings is 2. The van der Waals surface area contributed by atoms with Crippen LogP contribution in [0.15, 0.2) is 72.3 Å². The summed E-state index contributed by atoms with van der Waals surface area (Å²) in [4.78, 5) is 28.9. The number of nitrogens with zero attached hydrogens (tertiary/aromatic N) is 1. The summed E-state index contributed by atoms with van der Waals surface area (Å²) in [6.07, 6.45) is 4.97. The number of esters is 1. The van der Waals surface area contributed by atoms with Crippen molar-refractivity contribution in [3.8, 4) is 0 Å². The zero-order valence-corrected chi connectivity index (χ0v) is 18.1. The Labute approximate surface area is 183 Å². The van der Waals surface area contributed by atoms with E-state index in [-0.39, 0.29) is 41.7 Å². The van der Waals surface area contributed by atoms with Crippen LogP contribution in [0.4, 0.5) is 11.4 Å². The van der Waals surface area contributed by atoms with Crippen LogP contribution in [0.5, 0.6) is 0 Å². The van der Waals surface area contributed by atoms with Crippen molar-refractivity contribution >= 4 is 23.3 Å². The number of fused-ring (bicyclic) bond motifs is 2. The van der Waals surface area contributed by atoms with Gasteiger partial charge >= 0.3 is 5.97 Å². The van der Waals surface area contributed by atoms with E-state index in [2.05, 4.69) is 13.0 Å². The van der Waals surface area contributed by atoms with Crippen molar-refractivity contribution in [1.29, 1.82) is 0 Å². The number of amides is 1. The first-order chi connectivity index (χ1) is 15.0. The average Bonchev–Trinajstić information content (AvgIpc) is 3.06. The van der Waals surface area contributed by atoms with Crippen molar-refractivity contribution < 1.29 is 14.3 Å². The lowest BCUT2D eigenvalue weighted by Gasteiger charge is -2.44. The fourth-order valence-electron chi connectivity index (χ4n) is 5.93. The molecule has 4 nitrogen and oxygen atoms in total. The first kappa shape index (κ1) is 20.0. The number of ether oxygens (including phenoxy) is 1. The van der Waals surface area contributed by atoms with Crippen LogP contribution in [-0.4, -0.2) is 18.0 Å². The van der Waals surface area contributed by atoms with Gasteiger partial charge in [0, 0.05) is 17.3 Å². The van der Waals surface area contributed by atoms with Crippen LogP contribution in [0.25, 0.3) is 0 Å². The number of anilines is 2. The highest BCUT2D eigenvalue weighted by molar-refractivity contribution is 6.03. The van der Waals surface area contributed by atoms with E-state index in [1.807, 2.05) is 72.5 Å². The number of para-hydroxylation sites is 2. The summed E-state index contributed by atoms with van der Waals surface area (Å²) in [6.45, 7) is 4.21. The Balaban J connectivity index is 1.61. The molecule has 0 unspecified atom stereocenters. The molecule has 0 N–H and O–H groups in total. The SMILES string of the molecule is C[C@H]1CC[C@H]2C(=C[C@H]3C(=O)O[C@H](C)[C@H]3[C@H]2C(=O)N(c2ccccc2)c2ccccc2)C1. The lowest BCUT2D eigenvalue weighted by molar-refractivity contribution is -0.142. The topological polar surface area (TPSA) is 46.6 Å². The predicted octanol–water partition coefficient (Wildman–Crippen LogP) is 5.52. The van der Waals surface area contributed by atoms with Gasteiger partial charge in [0.15, 0.2) is 0 Å². The van der Waals surface area contributed by atoms with Crippen molar-refractivity contribution in [3.63, 3.8) is 0 Å². The number of carbonyl (C=O) groups is 2. The summed E-state index contributed by atoms with van der Waals surface area (Å²) in [7, 11) is 0. The minimum absolute atomic E-state index is 0.0719. The molecule has 1 amide bonds. The first-order valence-electron chi connectivity index (χ1n) is 11.4. The van der Waals surface area contributed by atoms with Gasteiger partial charge in [0.25, 0.3) is 0 Å². The third-order valence-electron chi connectivity index (χ3n) is 7.34. The molecular weight excluding hydrogens is 386 g/mol. The Hall–Kier alpha value is -2.88. The molecule has 0 aromatic heterocycles. The van der Waals surface area contributed by atoms with E-state index in [1.165, 1.54) is 5.57 Å². The normalized spacial score (nSPS) is 31.8. The summed E-state index contributed by atoms with van der Waals surface area (Å²) in [5, 5.41) is 0. The van der Waals surface area contributed by atoms with E-state index >= 15 is 0 Å². The lowest BCUT2D eigenvalue weighted by Crippen LogP contribution is -2.47. The maximum Gasteiger partial charge on any atom is 0.313 e. The molecule has 0 radical (unpaired) electrons. The molecule has 1 saturated carbocycles. The molecule has 0 bridgehead atoms. The molecule has 2 aliphatic carbocycles. The first-order valence-corrected chi connectivity index (χ1v) is 11.4. The van der Waals surface area contributed by atoms with Gasteiger partial charge in [-0.3, -0.25) is 14.5 Å². The summed E-state index contributed by atoms with van der Waals surface area (Å²) in [5.74, 6) is -0.0284. The monoisotopic (exact) mass is 415 g/mol. The van der Waals surface area contributed by atoms with E-state index in [0.717, 1.165) is 30.6 Å². The Morgan fingerprint density at radius 2 is 1.55 bits per heavy atom. The van der Waals surface area contributed by atoms with E-state index in [0.29, 0.717) is 5.92 Å². The summed E-state index contributed by atoms with van der Waals surface area (Å²) in [5.41, 5.74) is 2.99. The van der Waals surface area contributed by atoms with Gasteiger partial charge in [0.1, 0.15) is 6.10 Å². The molecule has 1 heterocycles. The van der Waals surface area contributed by atoms with Crippen LogP contribution in [0.3, 0.4) is 0 Å². The van der Waals surface area contributed by atoms with Crippen molar-refractivity contribution in [3.05, 3.63) is 72.3 Å². The maximum atomic E-state index is 14.4. The van der Waals surface area contributed by atoms with Gasteiger partial charge in [0.2, 0.25) is 5.91 Å². The summed E-state index contributed by atoms with van der Waals surface area (Å²) < 4.78 is 5.66. The largest absolute Gasteiger partial charge is 0.462 e. The molecule has 5 rings (SSSR count). The van der Waals surface area contributed by atoms with Crippen LogP contribution >= 0.6 is 0 Å². The van der Waals surface area contributed by atoms with Crippen molar-refractivity contribution in [2.45, 2.75) is 39.2 Å². The Morgan fingerprint density at radius 3 is 2.16 bits per heavy atom. The van der Waals surface area contributed by atoms with Crippen molar-refractivity contribution in [2.24, 2.45) is 29.6 Å². The highest BCUT2D eigenvalue weighted by atomic mass is 16.6. The van der Waals surface area contributed by atoms with Gasteiger partial charge in [0.05, 0.1) is 11.8 Å². The molecule has 1 aliphatic heterocycles. The second-order valence-electron chi connectivity index (χ2n) is 9.35. The Kier molecular flexibility index (Phi) is 5.17. The third-order valence-corrected chi connectivity index (χ3v) is 7.34. The summed E-state index contributed by atoms with van der Waals surface area (Å²) in [6, 6.07) is 19.7. The molecule has 1 saturated heterocycles. The average molecular weight is 416 g/mol. The van der Waals surface area contributed by atoms with Gasteiger partial charge in [-0.1, -0.05) is 55.0 Å². The number of cyclic esters (lactones) is 1. The minimum Gasteiger partial charge on any atom is -0.462 e. The fourth-order valence-corrected chi connectivity index (χ4v) is 5.93. The van der Waals surface area contributed by atoms with Crippen LogP contribution in [0.1, 0.15) is 33.1 Å². The van der Waals surface area contributed by atoms with Gasteiger partial charge in [-0.25, -0.2) is 0 Å². The van der Waals surface area contributed by atoms with Crippen LogP contribution < -0.4 is 4.90 Å². The summed E-state index contributed by atoms with van der Waals surface area (Å²) >= 11 is 0. The molecule has 0 spiro atoms. The van der Waals surface area contributed by atoms with Crippen LogP contribution in [0, 0.1) is 29.6 Å². The van der Waals surface area contributed by atoms with E-state index in [9.17, 15) is 9.59 Å². The standard InChI is InChI=1S/C27H29NO3/c1-17-13-14-22-19(15-17)16-23-24(18(2)31-27(23)30)25(22)26(29)28(20-9-5-3-6-10-20)21-11-7-4-8-12-21/h3-12,16-18,22-25H,13-15H2,1-2H3/t17-,18+,22-,23+,24+,25-/m0/s1. The molecule has 160 valence electrons. The number of hydrogen-bond donors (Lipinski definition) is 0.